The van der Waals surface area contributed by atoms with E-state index in [0.717, 1.165) is 0 Å². The molecule has 0 aliphatic heterocycles. The average Bonchev–Trinajstić information content (AvgIpc) is 1.87. The van der Waals surface area contributed by atoms with Gasteiger partial charge in [0.05, 0.1) is 0 Å². The fraction of sp³-hybridized carbons (Fsp3) is 0.600. The molecule has 0 heterocycles. The van der Waals surface area contributed by atoms with Crippen LogP contribution in [0.4, 0.5) is 0 Å². The van der Waals surface area contributed by atoms with Gasteiger partial charge < -0.3 is 0 Å². The van der Waals surface area contributed by atoms with Crippen LogP contribution >= 0.6 is 0 Å². The molecule has 1 atom stereocenters. The second-order valence-electron chi connectivity index (χ2n) is 3.02. The van der Waals surface area contributed by atoms with E-state index in [2.05, 4.69) is 33.4 Å². The van der Waals surface area contributed by atoms with Gasteiger partial charge in [0.2, 0.25) is 0 Å². The first-order chi connectivity index (χ1) is 4.57. The van der Waals surface area contributed by atoms with Gasteiger partial charge in [0.25, 0.3) is 0 Å². The first-order valence-corrected chi connectivity index (χ1v) is 3.92. The lowest BCUT2D eigenvalue weighted by atomic mass is 10.0. The molecule has 0 rings (SSSR count). The summed E-state index contributed by atoms with van der Waals surface area (Å²) in [4.78, 5) is 0. The van der Waals surface area contributed by atoms with Crippen molar-refractivity contribution in [2.75, 3.05) is 0 Å². The first-order valence-electron chi connectivity index (χ1n) is 3.92. The van der Waals surface area contributed by atoms with E-state index in [1.807, 2.05) is 6.92 Å². The molecule has 0 N–H and O–H groups in total. The SMILES string of the molecule is C=C(C)C(C)=CC(C)CC. The zero-order valence-electron chi connectivity index (χ0n) is 7.57. The zero-order valence-corrected chi connectivity index (χ0v) is 7.57. The van der Waals surface area contributed by atoms with Crippen LogP contribution in [-0.2, 0) is 0 Å². The average molecular weight is 138 g/mol. The van der Waals surface area contributed by atoms with E-state index in [9.17, 15) is 0 Å². The molecule has 0 aliphatic rings. The normalized spacial score (nSPS) is 15.0. The summed E-state index contributed by atoms with van der Waals surface area (Å²) in [6.07, 6.45) is 3.49. The molecular weight excluding hydrogens is 120 g/mol. The Labute approximate surface area is 64.6 Å². The maximum Gasteiger partial charge on any atom is -0.0259 e. The van der Waals surface area contributed by atoms with Crippen molar-refractivity contribution < 1.29 is 0 Å². The summed E-state index contributed by atoms with van der Waals surface area (Å²) in [6, 6.07) is 0. The zero-order chi connectivity index (χ0) is 8.15. The molecule has 10 heavy (non-hydrogen) atoms. The molecule has 0 bridgehead atoms. The summed E-state index contributed by atoms with van der Waals surface area (Å²) in [5.74, 6) is 0.691. The van der Waals surface area contributed by atoms with E-state index >= 15 is 0 Å². The third-order valence-electron chi connectivity index (χ3n) is 1.85. The second kappa shape index (κ2) is 4.32. The van der Waals surface area contributed by atoms with E-state index in [4.69, 9.17) is 0 Å². The fourth-order valence-corrected chi connectivity index (χ4v) is 0.687. The molecule has 0 saturated heterocycles. The minimum atomic E-state index is 0.691. The maximum absolute atomic E-state index is 3.87. The van der Waals surface area contributed by atoms with Crippen LogP contribution in [0, 0.1) is 5.92 Å². The molecule has 0 aromatic rings. The number of allylic oxidation sites excluding steroid dienone is 3. The molecule has 0 aromatic heterocycles. The first kappa shape index (κ1) is 9.48. The van der Waals surface area contributed by atoms with Crippen molar-refractivity contribution in [3.63, 3.8) is 0 Å². The highest BCUT2D eigenvalue weighted by Crippen LogP contribution is 2.11. The van der Waals surface area contributed by atoms with Gasteiger partial charge in [-0.3, -0.25) is 0 Å². The summed E-state index contributed by atoms with van der Waals surface area (Å²) < 4.78 is 0. The lowest BCUT2D eigenvalue weighted by molar-refractivity contribution is 0.693. The minimum absolute atomic E-state index is 0.691. The number of rotatable bonds is 3. The van der Waals surface area contributed by atoms with E-state index in [1.165, 1.54) is 17.6 Å². The lowest BCUT2D eigenvalue weighted by Gasteiger charge is -2.04. The molecule has 0 aliphatic carbocycles. The highest BCUT2D eigenvalue weighted by Gasteiger charge is 1.94. The highest BCUT2D eigenvalue weighted by atomic mass is 14.0. The van der Waals surface area contributed by atoms with Gasteiger partial charge in [0.15, 0.2) is 0 Å². The van der Waals surface area contributed by atoms with Crippen molar-refractivity contribution in [2.24, 2.45) is 5.92 Å². The van der Waals surface area contributed by atoms with Gasteiger partial charge in [-0.05, 0) is 19.8 Å². The molecule has 0 spiro atoms. The van der Waals surface area contributed by atoms with Crippen molar-refractivity contribution in [1.29, 1.82) is 0 Å². The Morgan fingerprint density at radius 1 is 1.50 bits per heavy atom. The molecule has 0 radical (unpaired) electrons. The predicted molar refractivity (Wildman–Crippen MR) is 48.0 cm³/mol. The van der Waals surface area contributed by atoms with Gasteiger partial charge in [0.1, 0.15) is 0 Å². The summed E-state index contributed by atoms with van der Waals surface area (Å²) in [5.41, 5.74) is 2.51. The third kappa shape index (κ3) is 3.49. The van der Waals surface area contributed by atoms with Gasteiger partial charge in [0, 0.05) is 0 Å². The van der Waals surface area contributed by atoms with E-state index in [-0.39, 0.29) is 0 Å². The molecule has 0 aromatic carbocycles. The van der Waals surface area contributed by atoms with Crippen molar-refractivity contribution in [3.8, 4) is 0 Å². The van der Waals surface area contributed by atoms with E-state index < -0.39 is 0 Å². The summed E-state index contributed by atoms with van der Waals surface area (Å²) in [5, 5.41) is 0. The van der Waals surface area contributed by atoms with Crippen LogP contribution in [0.15, 0.2) is 23.8 Å². The smallest absolute Gasteiger partial charge is 0.0259 e. The second-order valence-corrected chi connectivity index (χ2v) is 3.02. The standard InChI is InChI=1S/C10H18/c1-6-9(4)7-10(5)8(2)3/h7,9H,2,6H2,1,3-5H3. The van der Waals surface area contributed by atoms with E-state index in [1.54, 1.807) is 0 Å². The topological polar surface area (TPSA) is 0 Å². The van der Waals surface area contributed by atoms with Crippen LogP contribution in [0.3, 0.4) is 0 Å². The Bertz CT molecular complexity index is 140. The van der Waals surface area contributed by atoms with Gasteiger partial charge in [-0.15, -0.1) is 0 Å². The van der Waals surface area contributed by atoms with E-state index in [0.29, 0.717) is 5.92 Å². The Balaban J connectivity index is 4.02. The fourth-order valence-electron chi connectivity index (χ4n) is 0.687. The molecule has 0 amide bonds. The van der Waals surface area contributed by atoms with Crippen molar-refractivity contribution in [3.05, 3.63) is 23.8 Å². The quantitative estimate of drug-likeness (QED) is 0.523. The predicted octanol–water partition coefficient (Wildman–Crippen LogP) is 3.55. The molecule has 1 unspecified atom stereocenters. The van der Waals surface area contributed by atoms with Gasteiger partial charge in [-0.25, -0.2) is 0 Å². The maximum atomic E-state index is 3.87. The molecule has 0 saturated carbocycles. The van der Waals surface area contributed by atoms with Crippen LogP contribution < -0.4 is 0 Å². The summed E-state index contributed by atoms with van der Waals surface area (Å²) in [6.45, 7) is 12.5. The third-order valence-corrected chi connectivity index (χ3v) is 1.85. The Morgan fingerprint density at radius 2 is 2.00 bits per heavy atom. The van der Waals surface area contributed by atoms with Crippen LogP contribution in [0.5, 0.6) is 0 Å². The van der Waals surface area contributed by atoms with Crippen LogP contribution in [0.1, 0.15) is 34.1 Å². The van der Waals surface area contributed by atoms with Gasteiger partial charge in [-0.2, -0.15) is 0 Å². The molecular formula is C10H18. The molecule has 0 fully saturated rings. The molecule has 0 nitrogen and oxygen atoms in total. The Morgan fingerprint density at radius 3 is 2.30 bits per heavy atom. The summed E-state index contributed by atoms with van der Waals surface area (Å²) in [7, 11) is 0. The van der Waals surface area contributed by atoms with Crippen LogP contribution in [0.25, 0.3) is 0 Å². The van der Waals surface area contributed by atoms with Crippen molar-refractivity contribution in [2.45, 2.75) is 34.1 Å². The van der Waals surface area contributed by atoms with Crippen LogP contribution in [-0.4, -0.2) is 0 Å². The van der Waals surface area contributed by atoms with Gasteiger partial charge in [-0.1, -0.05) is 44.1 Å². The molecule has 0 heteroatoms. The summed E-state index contributed by atoms with van der Waals surface area (Å²) >= 11 is 0. The highest BCUT2D eigenvalue weighted by molar-refractivity contribution is 5.23. The molecule has 58 valence electrons. The van der Waals surface area contributed by atoms with Crippen molar-refractivity contribution in [1.82, 2.24) is 0 Å². The largest absolute Gasteiger partial charge is 0.0959 e. The van der Waals surface area contributed by atoms with Gasteiger partial charge >= 0.3 is 0 Å². The number of hydrogen-bond acceptors (Lipinski definition) is 0. The number of hydrogen-bond donors (Lipinski definition) is 0. The van der Waals surface area contributed by atoms with Crippen LogP contribution in [0.2, 0.25) is 0 Å². The lowest BCUT2D eigenvalue weighted by Crippen LogP contribution is -1.88. The minimum Gasteiger partial charge on any atom is -0.0959 e. The Kier molecular flexibility index (Phi) is 4.10. The Hall–Kier alpha value is -0.520. The monoisotopic (exact) mass is 138 g/mol. The van der Waals surface area contributed by atoms with Crippen molar-refractivity contribution >= 4 is 0 Å².